The lowest BCUT2D eigenvalue weighted by molar-refractivity contribution is 0.0661. The van der Waals surface area contributed by atoms with E-state index >= 15 is 0 Å². The second-order valence-electron chi connectivity index (χ2n) is 6.96. The third-order valence-electron chi connectivity index (χ3n) is 5.05. The predicted octanol–water partition coefficient (Wildman–Crippen LogP) is 3.34. The number of amides is 1. The Kier molecular flexibility index (Phi) is 5.16. The number of likely N-dealkylation sites (tertiary alicyclic amines) is 1. The highest BCUT2D eigenvalue weighted by molar-refractivity contribution is 6.31. The molecule has 1 aromatic heterocycles. The lowest BCUT2D eigenvalue weighted by atomic mass is 9.92. The second-order valence-corrected chi connectivity index (χ2v) is 7.33. The Morgan fingerprint density at radius 3 is 2.56 bits per heavy atom. The maximum Gasteiger partial charge on any atom is 0.253 e. The number of benzene rings is 1. The number of rotatable bonds is 3. The fraction of sp³-hybridized carbons (Fsp3) is 0.474. The van der Waals surface area contributed by atoms with Crippen molar-refractivity contribution >= 4 is 17.5 Å². The van der Waals surface area contributed by atoms with Gasteiger partial charge < -0.3 is 10.6 Å². The molecule has 0 aliphatic carbocycles. The number of nitrogens with two attached hydrogens (primary N) is 1. The molecular formula is C19H25ClN4O. The molecule has 0 spiro atoms. The van der Waals surface area contributed by atoms with Gasteiger partial charge >= 0.3 is 0 Å². The van der Waals surface area contributed by atoms with Crippen molar-refractivity contribution in [2.24, 2.45) is 11.7 Å². The van der Waals surface area contributed by atoms with Crippen LogP contribution in [0.1, 0.15) is 41.5 Å². The third kappa shape index (κ3) is 3.58. The number of aryl methyl sites for hydroxylation is 1. The Balaban J connectivity index is 1.78. The topological polar surface area (TPSA) is 64.2 Å². The maximum atomic E-state index is 12.8. The Morgan fingerprint density at radius 1 is 1.32 bits per heavy atom. The van der Waals surface area contributed by atoms with Crippen molar-refractivity contribution in [2.45, 2.75) is 39.7 Å². The molecule has 0 saturated carbocycles. The summed E-state index contributed by atoms with van der Waals surface area (Å²) in [7, 11) is 0. The minimum absolute atomic E-state index is 0.0725. The van der Waals surface area contributed by atoms with Gasteiger partial charge in [-0.25, -0.2) is 4.68 Å². The largest absolute Gasteiger partial charge is 0.338 e. The molecule has 2 atom stereocenters. The summed E-state index contributed by atoms with van der Waals surface area (Å²) in [4.78, 5) is 14.7. The van der Waals surface area contributed by atoms with E-state index in [4.69, 9.17) is 17.3 Å². The molecular weight excluding hydrogens is 336 g/mol. The van der Waals surface area contributed by atoms with E-state index in [1.807, 2.05) is 49.9 Å². The van der Waals surface area contributed by atoms with Crippen molar-refractivity contribution < 1.29 is 4.79 Å². The van der Waals surface area contributed by atoms with Crippen LogP contribution in [0.15, 0.2) is 24.3 Å². The van der Waals surface area contributed by atoms with Crippen LogP contribution in [0.4, 0.5) is 0 Å². The smallest absolute Gasteiger partial charge is 0.253 e. The molecule has 0 bridgehead atoms. The zero-order valence-corrected chi connectivity index (χ0v) is 15.8. The number of halogens is 1. The zero-order valence-electron chi connectivity index (χ0n) is 15.0. The number of piperidine rings is 1. The zero-order chi connectivity index (χ0) is 18.1. The van der Waals surface area contributed by atoms with Gasteiger partial charge in [-0.05, 0) is 63.8 Å². The summed E-state index contributed by atoms with van der Waals surface area (Å²) in [5, 5.41) is 5.13. The van der Waals surface area contributed by atoms with Crippen LogP contribution < -0.4 is 5.73 Å². The number of hydrogen-bond donors (Lipinski definition) is 1. The molecule has 2 N–H and O–H groups in total. The first-order chi connectivity index (χ1) is 11.9. The van der Waals surface area contributed by atoms with E-state index in [0.29, 0.717) is 16.5 Å². The van der Waals surface area contributed by atoms with Crippen molar-refractivity contribution in [3.05, 3.63) is 46.2 Å². The quantitative estimate of drug-likeness (QED) is 0.912. The van der Waals surface area contributed by atoms with Crippen LogP contribution >= 0.6 is 11.6 Å². The normalized spacial score (nSPS) is 19.1. The summed E-state index contributed by atoms with van der Waals surface area (Å²) in [6, 6.07) is 7.66. The van der Waals surface area contributed by atoms with Gasteiger partial charge in [0, 0.05) is 24.7 Å². The van der Waals surface area contributed by atoms with Crippen molar-refractivity contribution in [1.82, 2.24) is 14.7 Å². The van der Waals surface area contributed by atoms with Crippen LogP contribution in [0.3, 0.4) is 0 Å². The molecule has 2 aromatic rings. The monoisotopic (exact) mass is 360 g/mol. The van der Waals surface area contributed by atoms with Gasteiger partial charge in [0.25, 0.3) is 5.91 Å². The van der Waals surface area contributed by atoms with Gasteiger partial charge in [0.15, 0.2) is 0 Å². The van der Waals surface area contributed by atoms with E-state index in [1.54, 1.807) is 4.68 Å². The van der Waals surface area contributed by atoms with E-state index in [2.05, 4.69) is 5.10 Å². The Morgan fingerprint density at radius 2 is 2.00 bits per heavy atom. The van der Waals surface area contributed by atoms with Crippen molar-refractivity contribution in [3.8, 4) is 5.69 Å². The van der Waals surface area contributed by atoms with Crippen molar-refractivity contribution in [1.29, 1.82) is 0 Å². The van der Waals surface area contributed by atoms with Gasteiger partial charge in [0.1, 0.15) is 0 Å². The van der Waals surface area contributed by atoms with E-state index in [0.717, 1.165) is 43.0 Å². The summed E-state index contributed by atoms with van der Waals surface area (Å²) in [5.74, 6) is 0.456. The number of carbonyl (C=O) groups is 1. The summed E-state index contributed by atoms with van der Waals surface area (Å²) in [5.41, 5.74) is 9.32. The SMILES string of the molecule is Cc1nn(-c2ccc(C(=O)N3CCCC(C(C)N)C3)cc2)c(C)c1Cl. The van der Waals surface area contributed by atoms with Crippen LogP contribution in [-0.2, 0) is 0 Å². The first kappa shape index (κ1) is 18.0. The number of hydrogen-bond acceptors (Lipinski definition) is 3. The highest BCUT2D eigenvalue weighted by Crippen LogP contribution is 2.24. The molecule has 1 aliphatic heterocycles. The van der Waals surface area contributed by atoms with Gasteiger partial charge in [-0.2, -0.15) is 5.10 Å². The molecule has 1 aliphatic rings. The molecule has 0 radical (unpaired) electrons. The molecule has 2 unspecified atom stereocenters. The average Bonchev–Trinajstić information content (AvgIpc) is 2.89. The summed E-state index contributed by atoms with van der Waals surface area (Å²) < 4.78 is 1.80. The standard InChI is InChI=1S/C19H25ClN4O/c1-12(21)16-5-4-10-23(11-16)19(25)15-6-8-17(9-7-15)24-14(3)18(20)13(2)22-24/h6-9,12,16H,4-5,10-11,21H2,1-3H3. The number of nitrogens with zero attached hydrogens (tertiary/aromatic N) is 3. The van der Waals surface area contributed by atoms with Gasteiger partial charge in [-0.3, -0.25) is 4.79 Å². The lowest BCUT2D eigenvalue weighted by Crippen LogP contribution is -2.45. The second kappa shape index (κ2) is 7.18. The molecule has 1 fully saturated rings. The van der Waals surface area contributed by atoms with Crippen LogP contribution in [0.25, 0.3) is 5.69 Å². The van der Waals surface area contributed by atoms with E-state index in [9.17, 15) is 4.79 Å². The van der Waals surface area contributed by atoms with Crippen LogP contribution in [-0.4, -0.2) is 39.7 Å². The molecule has 1 amide bonds. The first-order valence-corrected chi connectivity index (χ1v) is 9.13. The van der Waals surface area contributed by atoms with Crippen LogP contribution in [0.2, 0.25) is 5.02 Å². The molecule has 5 nitrogen and oxygen atoms in total. The fourth-order valence-electron chi connectivity index (χ4n) is 3.43. The first-order valence-electron chi connectivity index (χ1n) is 8.75. The Labute approximate surface area is 153 Å². The van der Waals surface area contributed by atoms with Gasteiger partial charge in [0.05, 0.1) is 22.1 Å². The van der Waals surface area contributed by atoms with Crippen molar-refractivity contribution in [3.63, 3.8) is 0 Å². The van der Waals surface area contributed by atoms with E-state index in [-0.39, 0.29) is 11.9 Å². The van der Waals surface area contributed by atoms with Crippen molar-refractivity contribution in [2.75, 3.05) is 13.1 Å². The molecule has 6 heteroatoms. The van der Waals surface area contributed by atoms with Gasteiger partial charge in [-0.15, -0.1) is 0 Å². The van der Waals surface area contributed by atoms with Gasteiger partial charge in [0.2, 0.25) is 0 Å². The average molecular weight is 361 g/mol. The van der Waals surface area contributed by atoms with E-state index < -0.39 is 0 Å². The summed E-state index contributed by atoms with van der Waals surface area (Å²) in [6.07, 6.45) is 2.11. The molecule has 1 saturated heterocycles. The molecule has 2 heterocycles. The lowest BCUT2D eigenvalue weighted by Gasteiger charge is -2.34. The third-order valence-corrected chi connectivity index (χ3v) is 5.60. The van der Waals surface area contributed by atoms with Crippen LogP contribution in [0.5, 0.6) is 0 Å². The molecule has 1 aromatic carbocycles. The molecule has 134 valence electrons. The maximum absolute atomic E-state index is 12.8. The predicted molar refractivity (Wildman–Crippen MR) is 100 cm³/mol. The summed E-state index contributed by atoms with van der Waals surface area (Å²) >= 11 is 6.22. The van der Waals surface area contributed by atoms with Gasteiger partial charge in [-0.1, -0.05) is 11.6 Å². The minimum Gasteiger partial charge on any atom is -0.338 e. The minimum atomic E-state index is 0.0725. The fourth-order valence-corrected chi connectivity index (χ4v) is 3.54. The summed E-state index contributed by atoms with van der Waals surface area (Å²) in [6.45, 7) is 7.38. The molecule has 25 heavy (non-hydrogen) atoms. The number of carbonyl (C=O) groups excluding carboxylic acids is 1. The Hall–Kier alpha value is -1.85. The Bertz CT molecular complexity index is 766. The highest BCUT2D eigenvalue weighted by Gasteiger charge is 2.26. The molecule has 3 rings (SSSR count). The van der Waals surface area contributed by atoms with E-state index in [1.165, 1.54) is 0 Å². The number of aromatic nitrogens is 2. The van der Waals surface area contributed by atoms with Crippen LogP contribution in [0, 0.1) is 19.8 Å². The highest BCUT2D eigenvalue weighted by atomic mass is 35.5.